The van der Waals surface area contributed by atoms with Crippen LogP contribution in [0.2, 0.25) is 0 Å². The van der Waals surface area contributed by atoms with E-state index in [2.05, 4.69) is 13.8 Å². The smallest absolute Gasteiger partial charge is 0.306 e. The monoisotopic (exact) mass is 597 g/mol. The molecule has 0 saturated carbocycles. The topological polar surface area (TPSA) is 55.8 Å². The van der Waals surface area contributed by atoms with Gasteiger partial charge >= 0.3 is 5.97 Å². The summed E-state index contributed by atoms with van der Waals surface area (Å²) in [5, 5.41) is 9.53. The van der Waals surface area contributed by atoms with Crippen LogP contribution in [0.1, 0.15) is 213 Å². The second-order valence-corrected chi connectivity index (χ2v) is 13.0. The molecule has 1 atom stereocenters. The van der Waals surface area contributed by atoms with Gasteiger partial charge in [0.1, 0.15) is 6.10 Å². The van der Waals surface area contributed by atoms with Gasteiger partial charge in [0.15, 0.2) is 0 Å². The van der Waals surface area contributed by atoms with Crippen molar-refractivity contribution in [1.82, 2.24) is 0 Å². The van der Waals surface area contributed by atoms with Crippen LogP contribution in [0, 0.1) is 0 Å². The molecule has 0 spiro atoms. The fourth-order valence-electron chi connectivity index (χ4n) is 5.80. The zero-order chi connectivity index (χ0) is 30.6. The van der Waals surface area contributed by atoms with Crippen molar-refractivity contribution in [3.8, 4) is 0 Å². The van der Waals surface area contributed by atoms with Gasteiger partial charge in [-0.1, -0.05) is 194 Å². The van der Waals surface area contributed by atoms with Crippen molar-refractivity contribution in [3.05, 3.63) is 0 Å². The first-order valence-electron chi connectivity index (χ1n) is 19.1. The van der Waals surface area contributed by atoms with Crippen LogP contribution in [0.3, 0.4) is 0 Å². The van der Waals surface area contributed by atoms with Crippen molar-refractivity contribution in [2.24, 2.45) is 0 Å². The highest BCUT2D eigenvalue weighted by Gasteiger charge is 2.13. The summed E-state index contributed by atoms with van der Waals surface area (Å²) in [5.41, 5.74) is 0. The summed E-state index contributed by atoms with van der Waals surface area (Å²) in [7, 11) is 0. The molecular formula is C38H76O4. The minimum Gasteiger partial charge on any atom is -0.457 e. The average Bonchev–Trinajstić information content (AvgIpc) is 3.00. The van der Waals surface area contributed by atoms with Gasteiger partial charge in [0.25, 0.3) is 0 Å². The number of ether oxygens (including phenoxy) is 2. The minimum absolute atomic E-state index is 0.164. The highest BCUT2D eigenvalue weighted by atomic mass is 16.6. The molecule has 4 nitrogen and oxygen atoms in total. The third-order valence-electron chi connectivity index (χ3n) is 8.68. The van der Waals surface area contributed by atoms with Crippen LogP contribution in [0.4, 0.5) is 0 Å². The Hall–Kier alpha value is -0.610. The van der Waals surface area contributed by atoms with Gasteiger partial charge in [0.2, 0.25) is 0 Å². The van der Waals surface area contributed by atoms with Gasteiger partial charge < -0.3 is 14.6 Å². The molecule has 42 heavy (non-hydrogen) atoms. The highest BCUT2D eigenvalue weighted by molar-refractivity contribution is 5.69. The Balaban J connectivity index is 3.34. The van der Waals surface area contributed by atoms with Crippen LogP contribution in [0.25, 0.3) is 0 Å². The Morgan fingerprint density at radius 1 is 0.476 bits per heavy atom. The molecule has 0 radical (unpaired) electrons. The summed E-state index contributed by atoms with van der Waals surface area (Å²) in [6, 6.07) is 0. The Labute approximate surface area is 263 Å². The van der Waals surface area contributed by atoms with Crippen molar-refractivity contribution in [2.45, 2.75) is 219 Å². The van der Waals surface area contributed by atoms with Gasteiger partial charge in [-0.2, -0.15) is 0 Å². The van der Waals surface area contributed by atoms with Crippen LogP contribution < -0.4 is 0 Å². The van der Waals surface area contributed by atoms with E-state index in [9.17, 15) is 9.90 Å². The van der Waals surface area contributed by atoms with Crippen molar-refractivity contribution in [3.63, 3.8) is 0 Å². The van der Waals surface area contributed by atoms with Crippen LogP contribution in [0.5, 0.6) is 0 Å². The highest BCUT2D eigenvalue weighted by Crippen LogP contribution is 2.16. The summed E-state index contributed by atoms with van der Waals surface area (Å²) < 4.78 is 11.1. The zero-order valence-corrected chi connectivity index (χ0v) is 28.8. The maximum Gasteiger partial charge on any atom is 0.306 e. The van der Waals surface area contributed by atoms with Gasteiger partial charge in [-0.05, 0) is 12.8 Å². The molecule has 4 heteroatoms. The van der Waals surface area contributed by atoms with Crippen molar-refractivity contribution in [1.29, 1.82) is 0 Å². The number of aliphatic hydroxyl groups is 1. The lowest BCUT2D eigenvalue weighted by molar-refractivity contribution is -0.154. The van der Waals surface area contributed by atoms with E-state index < -0.39 is 6.10 Å². The predicted octanol–water partition coefficient (Wildman–Crippen LogP) is 12.0. The van der Waals surface area contributed by atoms with E-state index in [-0.39, 0.29) is 12.6 Å². The number of esters is 1. The largest absolute Gasteiger partial charge is 0.457 e. The molecule has 0 rings (SSSR count). The van der Waals surface area contributed by atoms with E-state index in [1.807, 2.05) is 0 Å². The molecule has 0 aliphatic carbocycles. The maximum atomic E-state index is 12.1. The lowest BCUT2D eigenvalue weighted by atomic mass is 10.0. The lowest BCUT2D eigenvalue weighted by Crippen LogP contribution is -2.27. The summed E-state index contributed by atoms with van der Waals surface area (Å²) >= 11 is 0. The number of unbranched alkanes of at least 4 members (excludes halogenated alkanes) is 28. The molecule has 0 fully saturated rings. The van der Waals surface area contributed by atoms with Gasteiger partial charge in [-0.15, -0.1) is 0 Å². The normalized spacial score (nSPS) is 12.2. The second-order valence-electron chi connectivity index (χ2n) is 13.0. The van der Waals surface area contributed by atoms with E-state index in [4.69, 9.17) is 9.47 Å². The van der Waals surface area contributed by atoms with Crippen molar-refractivity contribution >= 4 is 5.97 Å². The number of hydrogen-bond donors (Lipinski definition) is 1. The third-order valence-corrected chi connectivity index (χ3v) is 8.68. The van der Waals surface area contributed by atoms with Crippen molar-refractivity contribution in [2.75, 3.05) is 19.8 Å². The molecular weight excluding hydrogens is 520 g/mol. The van der Waals surface area contributed by atoms with Crippen LogP contribution >= 0.6 is 0 Å². The number of hydrogen-bond acceptors (Lipinski definition) is 4. The van der Waals surface area contributed by atoms with Crippen molar-refractivity contribution < 1.29 is 19.4 Å². The first kappa shape index (κ1) is 41.4. The van der Waals surface area contributed by atoms with E-state index >= 15 is 0 Å². The van der Waals surface area contributed by atoms with Gasteiger partial charge in [-0.25, -0.2) is 0 Å². The summed E-state index contributed by atoms with van der Waals surface area (Å²) in [4.78, 5) is 12.1. The maximum absolute atomic E-state index is 12.1. The van der Waals surface area contributed by atoms with E-state index in [1.165, 1.54) is 173 Å². The quantitative estimate of drug-likeness (QED) is 0.0577. The van der Waals surface area contributed by atoms with E-state index in [0.717, 1.165) is 19.3 Å². The molecule has 1 N–H and O–H groups in total. The molecule has 0 aromatic heterocycles. The van der Waals surface area contributed by atoms with Gasteiger partial charge in [0, 0.05) is 13.0 Å². The SMILES string of the molecule is CCCCCCCCCCCCCCCCCCCCCCCC(=O)OC(CO)COCCCCCCCCCCC. The molecule has 0 bridgehead atoms. The van der Waals surface area contributed by atoms with Crippen LogP contribution in [-0.2, 0) is 14.3 Å². The first-order chi connectivity index (χ1) is 20.7. The van der Waals surface area contributed by atoms with Crippen LogP contribution in [0.15, 0.2) is 0 Å². The molecule has 0 aromatic carbocycles. The molecule has 0 heterocycles. The standard InChI is InChI=1S/C38H76O4/c1-3-5-7-9-11-13-14-15-16-17-18-19-20-21-22-23-24-25-27-29-31-33-38(40)42-37(35-39)36-41-34-32-30-28-26-12-10-8-6-4-2/h37,39H,3-36H2,1-2H3. The zero-order valence-electron chi connectivity index (χ0n) is 28.8. The lowest BCUT2D eigenvalue weighted by Gasteiger charge is -2.16. The molecule has 0 aromatic rings. The minimum atomic E-state index is -0.522. The summed E-state index contributed by atoms with van der Waals surface area (Å²) in [5.74, 6) is -0.196. The number of rotatable bonds is 36. The average molecular weight is 597 g/mol. The number of aliphatic hydroxyl groups excluding tert-OH is 1. The molecule has 0 aliphatic rings. The molecule has 0 saturated heterocycles. The Morgan fingerprint density at radius 2 is 0.786 bits per heavy atom. The Kier molecular flexibility index (Phi) is 36.0. The van der Waals surface area contributed by atoms with Crippen LogP contribution in [-0.4, -0.2) is 37.0 Å². The van der Waals surface area contributed by atoms with E-state index in [0.29, 0.717) is 19.6 Å². The Morgan fingerprint density at radius 3 is 1.12 bits per heavy atom. The second kappa shape index (κ2) is 36.6. The summed E-state index contributed by atoms with van der Waals surface area (Å²) in [6.45, 7) is 5.37. The fourth-order valence-corrected chi connectivity index (χ4v) is 5.80. The Bertz CT molecular complexity index is 509. The molecule has 0 aliphatic heterocycles. The van der Waals surface area contributed by atoms with E-state index in [1.54, 1.807) is 0 Å². The molecule has 252 valence electrons. The van der Waals surface area contributed by atoms with Gasteiger partial charge in [0.05, 0.1) is 13.2 Å². The first-order valence-corrected chi connectivity index (χ1v) is 19.1. The number of carbonyl (C=O) groups is 1. The van der Waals surface area contributed by atoms with Gasteiger partial charge in [-0.3, -0.25) is 4.79 Å². The molecule has 0 amide bonds. The number of carbonyl (C=O) groups excluding carboxylic acids is 1. The molecule has 1 unspecified atom stereocenters. The predicted molar refractivity (Wildman–Crippen MR) is 182 cm³/mol. The fraction of sp³-hybridized carbons (Fsp3) is 0.974. The third kappa shape index (κ3) is 33.9. The summed E-state index contributed by atoms with van der Waals surface area (Å²) in [6.07, 6.45) is 40.1.